The van der Waals surface area contributed by atoms with E-state index in [0.717, 1.165) is 20.5 Å². The molecule has 3 nitrogen and oxygen atoms in total. The molecule has 0 radical (unpaired) electrons. The van der Waals surface area contributed by atoms with Gasteiger partial charge in [0.1, 0.15) is 0 Å². The standard InChI is InChI=1S/C16H12Cl2N2OS2/c1-9-20-14(8-22-9)15-5-3-11(23-15)7-19-16(21)12-6-10(17)2-4-13(12)18/h2-6,8H,7H2,1H3,(H,19,21). The molecule has 0 fully saturated rings. The lowest BCUT2D eigenvalue weighted by atomic mass is 10.2. The average Bonchev–Trinajstić information content (AvgIpc) is 3.16. The quantitative estimate of drug-likeness (QED) is 0.654. The highest BCUT2D eigenvalue weighted by Gasteiger charge is 2.12. The van der Waals surface area contributed by atoms with Crippen molar-refractivity contribution in [1.82, 2.24) is 10.3 Å². The molecule has 0 spiro atoms. The van der Waals surface area contributed by atoms with Crippen LogP contribution in [0.5, 0.6) is 0 Å². The molecular weight excluding hydrogens is 371 g/mol. The number of nitrogens with one attached hydrogen (secondary N) is 1. The van der Waals surface area contributed by atoms with Gasteiger partial charge in [0.2, 0.25) is 0 Å². The SMILES string of the molecule is Cc1nc(-c2ccc(CNC(=O)c3cc(Cl)ccc3Cl)s2)cs1. The number of halogens is 2. The van der Waals surface area contributed by atoms with Gasteiger partial charge in [0, 0.05) is 15.3 Å². The number of benzene rings is 1. The van der Waals surface area contributed by atoms with Crippen LogP contribution < -0.4 is 5.32 Å². The molecule has 0 unspecified atom stereocenters. The number of aromatic nitrogens is 1. The molecule has 3 rings (SSSR count). The van der Waals surface area contributed by atoms with Gasteiger partial charge < -0.3 is 5.32 Å². The van der Waals surface area contributed by atoms with Gasteiger partial charge in [-0.2, -0.15) is 0 Å². The van der Waals surface area contributed by atoms with Crippen molar-refractivity contribution in [3.05, 3.63) is 61.2 Å². The van der Waals surface area contributed by atoms with Crippen molar-refractivity contribution in [2.45, 2.75) is 13.5 Å². The minimum Gasteiger partial charge on any atom is -0.347 e. The number of rotatable bonds is 4. The first kappa shape index (κ1) is 16.5. The molecule has 0 saturated heterocycles. The van der Waals surface area contributed by atoms with Crippen LogP contribution in [0.25, 0.3) is 10.6 Å². The number of thiophene rings is 1. The van der Waals surface area contributed by atoms with Gasteiger partial charge in [0.25, 0.3) is 5.91 Å². The normalized spacial score (nSPS) is 10.7. The lowest BCUT2D eigenvalue weighted by molar-refractivity contribution is 0.0951. The summed E-state index contributed by atoms with van der Waals surface area (Å²) in [5.41, 5.74) is 1.36. The van der Waals surface area contributed by atoms with Gasteiger partial charge in [-0.25, -0.2) is 4.98 Å². The van der Waals surface area contributed by atoms with Crippen LogP contribution >= 0.6 is 45.9 Å². The molecule has 118 valence electrons. The Morgan fingerprint density at radius 3 is 2.83 bits per heavy atom. The molecule has 1 N–H and O–H groups in total. The van der Waals surface area contributed by atoms with E-state index >= 15 is 0 Å². The second-order valence-electron chi connectivity index (χ2n) is 4.82. The summed E-state index contributed by atoms with van der Waals surface area (Å²) in [5.74, 6) is -0.239. The van der Waals surface area contributed by atoms with E-state index in [4.69, 9.17) is 23.2 Å². The molecule has 0 saturated carbocycles. The maximum atomic E-state index is 12.2. The summed E-state index contributed by atoms with van der Waals surface area (Å²) in [4.78, 5) is 18.8. The molecule has 2 aromatic heterocycles. The zero-order valence-corrected chi connectivity index (χ0v) is 15.2. The number of hydrogen-bond donors (Lipinski definition) is 1. The van der Waals surface area contributed by atoms with Gasteiger partial charge in [-0.15, -0.1) is 22.7 Å². The van der Waals surface area contributed by atoms with Crippen LogP contribution in [0.2, 0.25) is 10.0 Å². The maximum absolute atomic E-state index is 12.2. The third-order valence-electron chi connectivity index (χ3n) is 3.13. The molecule has 0 aliphatic carbocycles. The minimum atomic E-state index is -0.239. The monoisotopic (exact) mass is 382 g/mol. The molecule has 23 heavy (non-hydrogen) atoms. The molecule has 0 aliphatic heterocycles. The Kier molecular flexibility index (Phi) is 5.02. The lowest BCUT2D eigenvalue weighted by Gasteiger charge is -2.06. The molecule has 1 amide bonds. The van der Waals surface area contributed by atoms with Crippen LogP contribution in [-0.2, 0) is 6.54 Å². The molecule has 2 heterocycles. The first-order valence-electron chi connectivity index (χ1n) is 6.77. The summed E-state index contributed by atoms with van der Waals surface area (Å²) < 4.78 is 0. The predicted molar refractivity (Wildman–Crippen MR) is 97.8 cm³/mol. The zero-order chi connectivity index (χ0) is 16.4. The summed E-state index contributed by atoms with van der Waals surface area (Å²) in [6, 6.07) is 8.85. The van der Waals surface area contributed by atoms with Crippen LogP contribution in [0.4, 0.5) is 0 Å². The third kappa shape index (κ3) is 3.93. The number of carbonyl (C=O) groups excluding carboxylic acids is 1. The van der Waals surface area contributed by atoms with Gasteiger partial charge in [-0.1, -0.05) is 23.2 Å². The maximum Gasteiger partial charge on any atom is 0.253 e. The van der Waals surface area contributed by atoms with Gasteiger partial charge in [-0.05, 0) is 37.3 Å². The molecular formula is C16H12Cl2N2OS2. The van der Waals surface area contributed by atoms with Gasteiger partial charge in [-0.3, -0.25) is 4.79 Å². The number of nitrogens with zero attached hydrogens (tertiary/aromatic N) is 1. The van der Waals surface area contributed by atoms with Crippen molar-refractivity contribution >= 4 is 51.8 Å². The predicted octanol–water partition coefficient (Wildman–Crippen LogP) is 5.42. The first-order chi connectivity index (χ1) is 11.0. The summed E-state index contributed by atoms with van der Waals surface area (Å²) in [7, 11) is 0. The van der Waals surface area contributed by atoms with Gasteiger partial charge in [0.15, 0.2) is 0 Å². The van der Waals surface area contributed by atoms with Crippen LogP contribution in [0, 0.1) is 6.92 Å². The summed E-state index contributed by atoms with van der Waals surface area (Å²) in [6.45, 7) is 2.42. The fraction of sp³-hybridized carbons (Fsp3) is 0.125. The second kappa shape index (κ2) is 7.01. The Morgan fingerprint density at radius 2 is 2.09 bits per heavy atom. The second-order valence-corrected chi connectivity index (χ2v) is 7.90. The molecule has 0 aliphatic rings. The number of thiazole rings is 1. The topological polar surface area (TPSA) is 42.0 Å². The van der Waals surface area contributed by atoms with E-state index in [1.165, 1.54) is 0 Å². The van der Waals surface area contributed by atoms with Crippen molar-refractivity contribution in [1.29, 1.82) is 0 Å². The van der Waals surface area contributed by atoms with Gasteiger partial charge in [0.05, 0.1) is 32.7 Å². The Morgan fingerprint density at radius 1 is 1.26 bits per heavy atom. The Balaban J connectivity index is 1.68. The average molecular weight is 383 g/mol. The third-order valence-corrected chi connectivity index (χ3v) is 5.58. The van der Waals surface area contributed by atoms with E-state index < -0.39 is 0 Å². The van der Waals surface area contributed by atoms with Crippen LogP contribution in [0.15, 0.2) is 35.7 Å². The summed E-state index contributed by atoms with van der Waals surface area (Å²) in [5, 5.41) is 6.81. The van der Waals surface area contributed by atoms with E-state index in [9.17, 15) is 4.79 Å². The molecule has 0 atom stereocenters. The van der Waals surface area contributed by atoms with Crippen LogP contribution in [0.3, 0.4) is 0 Å². The van der Waals surface area contributed by atoms with Crippen molar-refractivity contribution in [2.24, 2.45) is 0 Å². The molecule has 7 heteroatoms. The smallest absolute Gasteiger partial charge is 0.253 e. The van der Waals surface area contributed by atoms with E-state index in [2.05, 4.69) is 10.3 Å². The Hall–Kier alpha value is -1.40. The van der Waals surface area contributed by atoms with Gasteiger partial charge >= 0.3 is 0 Å². The van der Waals surface area contributed by atoms with Crippen molar-refractivity contribution < 1.29 is 4.79 Å². The fourth-order valence-electron chi connectivity index (χ4n) is 2.02. The Labute approximate surface area is 151 Å². The highest BCUT2D eigenvalue weighted by Crippen LogP contribution is 2.29. The number of hydrogen-bond acceptors (Lipinski definition) is 4. The van der Waals surface area contributed by atoms with E-state index in [1.54, 1.807) is 40.9 Å². The summed E-state index contributed by atoms with van der Waals surface area (Å²) in [6.07, 6.45) is 0. The van der Waals surface area contributed by atoms with Crippen LogP contribution in [-0.4, -0.2) is 10.9 Å². The highest BCUT2D eigenvalue weighted by molar-refractivity contribution is 7.16. The van der Waals surface area contributed by atoms with Crippen molar-refractivity contribution in [2.75, 3.05) is 0 Å². The molecule has 3 aromatic rings. The minimum absolute atomic E-state index is 0.239. The number of amides is 1. The van der Waals surface area contributed by atoms with Crippen molar-refractivity contribution in [3.63, 3.8) is 0 Å². The van der Waals surface area contributed by atoms with E-state index in [0.29, 0.717) is 22.2 Å². The van der Waals surface area contributed by atoms with Crippen molar-refractivity contribution in [3.8, 4) is 10.6 Å². The fourth-order valence-corrected chi connectivity index (χ4v) is 3.99. The Bertz CT molecular complexity index is 857. The highest BCUT2D eigenvalue weighted by atomic mass is 35.5. The van der Waals surface area contributed by atoms with E-state index in [-0.39, 0.29) is 5.91 Å². The lowest BCUT2D eigenvalue weighted by Crippen LogP contribution is -2.22. The number of aryl methyl sites for hydroxylation is 1. The largest absolute Gasteiger partial charge is 0.347 e. The zero-order valence-electron chi connectivity index (χ0n) is 12.1. The van der Waals surface area contributed by atoms with Crippen LogP contribution in [0.1, 0.15) is 20.2 Å². The summed E-state index contributed by atoms with van der Waals surface area (Å²) >= 11 is 15.2. The molecule has 1 aromatic carbocycles. The molecule has 0 bridgehead atoms. The van der Waals surface area contributed by atoms with E-state index in [1.807, 2.05) is 24.4 Å². The first-order valence-corrected chi connectivity index (χ1v) is 9.22. The number of carbonyl (C=O) groups is 1.